The van der Waals surface area contributed by atoms with Gasteiger partial charge in [0.25, 0.3) is 0 Å². The SMILES string of the molecule is C=C1[C@@H]2CC[C@@]1(C)[C@@](O)(C1=C(C)CCC1)C=C2C. The molecule has 0 aliphatic heterocycles. The van der Waals surface area contributed by atoms with Crippen LogP contribution in [0.3, 0.4) is 0 Å². The highest BCUT2D eigenvalue weighted by atomic mass is 16.3. The Kier molecular flexibility index (Phi) is 2.45. The van der Waals surface area contributed by atoms with Gasteiger partial charge in [0.1, 0.15) is 5.60 Å². The molecule has 1 saturated carbocycles. The second kappa shape index (κ2) is 3.60. The predicted octanol–water partition coefficient (Wildman–Crippen LogP) is 4.15. The molecule has 3 rings (SSSR count). The number of allylic oxidation sites excluding steroid dienone is 2. The van der Waals surface area contributed by atoms with Gasteiger partial charge in [0.15, 0.2) is 0 Å². The second-order valence-corrected chi connectivity index (χ2v) is 6.72. The largest absolute Gasteiger partial charge is 0.380 e. The van der Waals surface area contributed by atoms with E-state index in [1.165, 1.54) is 28.7 Å². The third kappa shape index (κ3) is 1.26. The third-order valence-electron chi connectivity index (χ3n) is 5.84. The lowest BCUT2D eigenvalue weighted by molar-refractivity contribution is 0.0172. The van der Waals surface area contributed by atoms with Gasteiger partial charge < -0.3 is 5.11 Å². The Balaban J connectivity index is 2.19. The van der Waals surface area contributed by atoms with E-state index in [1.54, 1.807) is 0 Å². The van der Waals surface area contributed by atoms with E-state index < -0.39 is 5.60 Å². The number of rotatable bonds is 1. The Morgan fingerprint density at radius 1 is 1.33 bits per heavy atom. The Bertz CT molecular complexity index is 482. The van der Waals surface area contributed by atoms with Crippen molar-refractivity contribution in [2.24, 2.45) is 11.3 Å². The molecule has 0 saturated heterocycles. The molecule has 3 atom stereocenters. The highest BCUT2D eigenvalue weighted by molar-refractivity contribution is 5.48. The summed E-state index contributed by atoms with van der Waals surface area (Å²) in [6.45, 7) is 10.9. The lowest BCUT2D eigenvalue weighted by atomic mass is 9.61. The zero-order valence-corrected chi connectivity index (χ0v) is 11.8. The Morgan fingerprint density at radius 2 is 2.06 bits per heavy atom. The van der Waals surface area contributed by atoms with Crippen LogP contribution in [0.5, 0.6) is 0 Å². The summed E-state index contributed by atoms with van der Waals surface area (Å²) in [5, 5.41) is 11.4. The number of aliphatic hydroxyl groups is 1. The van der Waals surface area contributed by atoms with Crippen LogP contribution in [0.1, 0.15) is 52.9 Å². The molecule has 98 valence electrons. The average molecular weight is 244 g/mol. The fourth-order valence-corrected chi connectivity index (χ4v) is 4.51. The van der Waals surface area contributed by atoms with E-state index in [2.05, 4.69) is 33.4 Å². The predicted molar refractivity (Wildman–Crippen MR) is 75.2 cm³/mol. The summed E-state index contributed by atoms with van der Waals surface area (Å²) < 4.78 is 0. The number of hydrogen-bond donors (Lipinski definition) is 1. The van der Waals surface area contributed by atoms with E-state index >= 15 is 0 Å². The minimum atomic E-state index is -0.762. The van der Waals surface area contributed by atoms with E-state index in [9.17, 15) is 5.11 Å². The van der Waals surface area contributed by atoms with Gasteiger partial charge in [0.05, 0.1) is 0 Å². The van der Waals surface area contributed by atoms with Crippen LogP contribution in [0.4, 0.5) is 0 Å². The van der Waals surface area contributed by atoms with Gasteiger partial charge in [-0.25, -0.2) is 0 Å². The molecule has 1 heteroatoms. The zero-order valence-electron chi connectivity index (χ0n) is 11.8. The first-order chi connectivity index (χ1) is 8.40. The molecule has 3 aliphatic carbocycles. The van der Waals surface area contributed by atoms with E-state index in [4.69, 9.17) is 0 Å². The monoisotopic (exact) mass is 244 g/mol. The van der Waals surface area contributed by atoms with E-state index in [1.807, 2.05) is 0 Å². The van der Waals surface area contributed by atoms with Crippen LogP contribution < -0.4 is 0 Å². The van der Waals surface area contributed by atoms with Crippen molar-refractivity contribution in [3.8, 4) is 0 Å². The molecule has 0 amide bonds. The summed E-state index contributed by atoms with van der Waals surface area (Å²) in [7, 11) is 0. The van der Waals surface area contributed by atoms with Gasteiger partial charge in [-0.15, -0.1) is 0 Å². The van der Waals surface area contributed by atoms with Gasteiger partial charge in [-0.2, -0.15) is 0 Å². The Labute approximate surface area is 110 Å². The van der Waals surface area contributed by atoms with Crippen LogP contribution in [0.15, 0.2) is 34.9 Å². The first-order valence-electron chi connectivity index (χ1n) is 7.20. The van der Waals surface area contributed by atoms with Crippen molar-refractivity contribution in [2.75, 3.05) is 0 Å². The van der Waals surface area contributed by atoms with Crippen molar-refractivity contribution < 1.29 is 5.11 Å². The van der Waals surface area contributed by atoms with Crippen molar-refractivity contribution in [3.63, 3.8) is 0 Å². The molecule has 0 aromatic carbocycles. The van der Waals surface area contributed by atoms with Gasteiger partial charge in [-0.3, -0.25) is 0 Å². The molecule has 0 spiro atoms. The van der Waals surface area contributed by atoms with Crippen molar-refractivity contribution >= 4 is 0 Å². The topological polar surface area (TPSA) is 20.2 Å². The fourth-order valence-electron chi connectivity index (χ4n) is 4.51. The number of fused-ring (bicyclic) bond motifs is 2. The third-order valence-corrected chi connectivity index (χ3v) is 5.84. The molecule has 1 nitrogen and oxygen atoms in total. The maximum atomic E-state index is 11.4. The van der Waals surface area contributed by atoms with Crippen molar-refractivity contribution in [1.82, 2.24) is 0 Å². The van der Waals surface area contributed by atoms with Crippen LogP contribution in [0.25, 0.3) is 0 Å². The highest BCUT2D eigenvalue weighted by Crippen LogP contribution is 2.61. The van der Waals surface area contributed by atoms with Crippen molar-refractivity contribution in [2.45, 2.75) is 58.5 Å². The minimum absolute atomic E-state index is 0.141. The molecule has 1 N–H and O–H groups in total. The molecular weight excluding hydrogens is 220 g/mol. The average Bonchev–Trinajstić information content (AvgIpc) is 2.82. The quantitative estimate of drug-likeness (QED) is 0.687. The second-order valence-electron chi connectivity index (χ2n) is 6.72. The van der Waals surface area contributed by atoms with Gasteiger partial charge >= 0.3 is 0 Å². The van der Waals surface area contributed by atoms with Crippen molar-refractivity contribution in [3.05, 3.63) is 34.9 Å². The molecule has 0 radical (unpaired) electrons. The minimum Gasteiger partial charge on any atom is -0.380 e. The standard InChI is InChI=1S/C17H24O/c1-11-6-5-7-15(11)17(18)10-12(2)14-8-9-16(17,4)13(14)3/h10,14,18H,3,5-9H2,1-2,4H3/t14-,16-,17+/m1/s1. The Morgan fingerprint density at radius 3 is 2.67 bits per heavy atom. The Hall–Kier alpha value is -0.820. The summed E-state index contributed by atoms with van der Waals surface area (Å²) in [5.74, 6) is 0.512. The van der Waals surface area contributed by atoms with Crippen LogP contribution >= 0.6 is 0 Å². The first-order valence-corrected chi connectivity index (χ1v) is 7.20. The summed E-state index contributed by atoms with van der Waals surface area (Å²) in [6, 6.07) is 0. The van der Waals surface area contributed by atoms with E-state index in [0.717, 1.165) is 25.7 Å². The lowest BCUT2D eigenvalue weighted by Gasteiger charge is -2.47. The molecule has 18 heavy (non-hydrogen) atoms. The van der Waals surface area contributed by atoms with Crippen molar-refractivity contribution in [1.29, 1.82) is 0 Å². The summed E-state index contributed by atoms with van der Waals surface area (Å²) in [6.07, 6.45) is 7.78. The molecule has 0 aromatic rings. The van der Waals surface area contributed by atoms with Gasteiger partial charge in [0.2, 0.25) is 0 Å². The molecule has 2 bridgehead atoms. The molecule has 0 aromatic heterocycles. The molecule has 1 fully saturated rings. The molecule has 0 unspecified atom stereocenters. The smallest absolute Gasteiger partial charge is 0.113 e. The first kappa shape index (κ1) is 12.2. The highest BCUT2D eigenvalue weighted by Gasteiger charge is 2.57. The maximum absolute atomic E-state index is 11.4. The van der Waals surface area contributed by atoms with Gasteiger partial charge in [-0.05, 0) is 57.6 Å². The van der Waals surface area contributed by atoms with Crippen LogP contribution in [-0.4, -0.2) is 10.7 Å². The summed E-state index contributed by atoms with van der Waals surface area (Å²) in [5.41, 5.74) is 4.37. The van der Waals surface area contributed by atoms with Crippen LogP contribution in [0, 0.1) is 11.3 Å². The van der Waals surface area contributed by atoms with Gasteiger partial charge in [0, 0.05) is 11.3 Å². The van der Waals surface area contributed by atoms with Crippen LogP contribution in [-0.2, 0) is 0 Å². The van der Waals surface area contributed by atoms with Crippen LogP contribution in [0.2, 0.25) is 0 Å². The summed E-state index contributed by atoms with van der Waals surface area (Å²) in [4.78, 5) is 0. The van der Waals surface area contributed by atoms with E-state index in [-0.39, 0.29) is 5.41 Å². The van der Waals surface area contributed by atoms with E-state index in [0.29, 0.717) is 5.92 Å². The summed E-state index contributed by atoms with van der Waals surface area (Å²) >= 11 is 0. The van der Waals surface area contributed by atoms with Gasteiger partial charge in [-0.1, -0.05) is 30.2 Å². The zero-order chi connectivity index (χ0) is 13.1. The fraction of sp³-hybridized carbons (Fsp3) is 0.647. The molecule has 3 aliphatic rings. The normalized spacial score (nSPS) is 43.7. The molecule has 0 heterocycles. The molecular formula is C17H24O. The number of hydrogen-bond acceptors (Lipinski definition) is 1. The lowest BCUT2D eigenvalue weighted by Crippen LogP contribution is -2.48. The maximum Gasteiger partial charge on any atom is 0.113 e.